The summed E-state index contributed by atoms with van der Waals surface area (Å²) in [6.07, 6.45) is -3.31. The van der Waals surface area contributed by atoms with Crippen molar-refractivity contribution < 1.29 is 36.7 Å². The number of carbonyl (C=O) groups is 4. The first-order chi connectivity index (χ1) is 23.9. The molecule has 0 N–H and O–H groups in total. The molecule has 0 saturated carbocycles. The van der Waals surface area contributed by atoms with Crippen molar-refractivity contribution in [1.82, 2.24) is 9.80 Å². The van der Waals surface area contributed by atoms with Crippen LogP contribution in [-0.4, -0.2) is 58.4 Å². The molecule has 0 aromatic heterocycles. The number of halogens is 4. The Morgan fingerprint density at radius 1 is 0.640 bits per heavy atom. The fraction of sp³-hybridized carbons (Fsp3) is 0.316. The highest BCUT2D eigenvalue weighted by Gasteiger charge is 2.50. The van der Waals surface area contributed by atoms with Crippen LogP contribution in [0.4, 0.5) is 17.6 Å². The molecule has 5 aromatic carbocycles. The Hall–Kier alpha value is -5.62. The van der Waals surface area contributed by atoms with Gasteiger partial charge >= 0.3 is 6.18 Å². The van der Waals surface area contributed by atoms with Gasteiger partial charge in [0.15, 0.2) is 0 Å². The minimum Gasteiger partial charge on any atom is -0.269 e. The highest BCUT2D eigenvalue weighted by Crippen LogP contribution is 2.49. The zero-order chi connectivity index (χ0) is 35.8. The van der Waals surface area contributed by atoms with Gasteiger partial charge in [-0.25, -0.2) is 4.39 Å². The van der Waals surface area contributed by atoms with Gasteiger partial charge in [0.05, 0.1) is 40.4 Å². The maximum absolute atomic E-state index is 14.4. The summed E-state index contributed by atoms with van der Waals surface area (Å²) in [6.45, 7) is 2.66. The van der Waals surface area contributed by atoms with Crippen molar-refractivity contribution in [3.05, 3.63) is 69.8 Å². The Morgan fingerprint density at radius 2 is 1.08 bits per heavy atom. The average molecular weight is 681 g/mol. The number of unbranched alkanes of at least 4 members (excludes halogenated alkanes) is 2. The lowest BCUT2D eigenvalue weighted by Gasteiger charge is -2.35. The molecule has 0 radical (unpaired) electrons. The molecule has 12 heteroatoms. The monoisotopic (exact) mass is 680 g/mol. The molecule has 0 fully saturated rings. The van der Waals surface area contributed by atoms with Crippen LogP contribution < -0.4 is 0 Å². The first kappa shape index (κ1) is 32.9. The summed E-state index contributed by atoms with van der Waals surface area (Å²) in [5.41, 5.74) is -0.352. The molecule has 0 unspecified atom stereocenters. The van der Waals surface area contributed by atoms with Crippen LogP contribution in [0.2, 0.25) is 0 Å². The van der Waals surface area contributed by atoms with E-state index in [1.807, 2.05) is 6.92 Å². The number of hydrogen-bond donors (Lipinski definition) is 0. The van der Waals surface area contributed by atoms with E-state index in [0.717, 1.165) is 11.3 Å². The van der Waals surface area contributed by atoms with Gasteiger partial charge in [0, 0.05) is 43.4 Å². The second kappa shape index (κ2) is 11.8. The quantitative estimate of drug-likeness (QED) is 0.0668. The highest BCUT2D eigenvalue weighted by molar-refractivity contribution is 6.42. The van der Waals surface area contributed by atoms with Gasteiger partial charge in [-0.05, 0) is 47.9 Å². The third kappa shape index (κ3) is 4.40. The summed E-state index contributed by atoms with van der Waals surface area (Å²) in [4.78, 5) is 56.9. The maximum Gasteiger partial charge on any atom is 0.409 e. The van der Waals surface area contributed by atoms with Crippen molar-refractivity contribution in [2.75, 3.05) is 6.67 Å². The van der Waals surface area contributed by atoms with Gasteiger partial charge in [-0.1, -0.05) is 51.7 Å². The summed E-state index contributed by atoms with van der Waals surface area (Å²) < 4.78 is 57.4. The zero-order valence-electron chi connectivity index (χ0n) is 27.0. The molecule has 2 aliphatic heterocycles. The molecule has 0 spiro atoms. The van der Waals surface area contributed by atoms with Gasteiger partial charge in [0.1, 0.15) is 12.7 Å². The van der Waals surface area contributed by atoms with Crippen molar-refractivity contribution in [1.29, 1.82) is 10.5 Å². The van der Waals surface area contributed by atoms with Crippen LogP contribution >= 0.6 is 0 Å². The molecule has 0 bridgehead atoms. The lowest BCUT2D eigenvalue weighted by Crippen LogP contribution is -2.53. The molecule has 7 rings (SSSR count). The van der Waals surface area contributed by atoms with Crippen LogP contribution in [-0.2, 0) is 0 Å². The van der Waals surface area contributed by atoms with Crippen LogP contribution in [0.15, 0.2) is 36.4 Å². The van der Waals surface area contributed by atoms with Crippen molar-refractivity contribution in [3.8, 4) is 12.1 Å². The van der Waals surface area contributed by atoms with Gasteiger partial charge in [0.2, 0.25) is 0 Å². The number of alkyl halides is 4. The molecule has 4 amide bonds. The van der Waals surface area contributed by atoms with Gasteiger partial charge in [-0.3, -0.25) is 29.0 Å². The van der Waals surface area contributed by atoms with E-state index in [-0.39, 0.29) is 78.1 Å². The van der Waals surface area contributed by atoms with Crippen molar-refractivity contribution in [2.24, 2.45) is 0 Å². The average Bonchev–Trinajstić information content (AvgIpc) is 3.10. The van der Waals surface area contributed by atoms with Gasteiger partial charge in [-0.15, -0.1) is 0 Å². The number of fused-ring (bicyclic) bond motifs is 2. The van der Waals surface area contributed by atoms with Gasteiger partial charge in [-0.2, -0.15) is 23.7 Å². The Balaban J connectivity index is 1.57. The van der Waals surface area contributed by atoms with Crippen LogP contribution in [0.5, 0.6) is 0 Å². The molecular formula is C38H28F4N4O4. The van der Waals surface area contributed by atoms with Crippen molar-refractivity contribution >= 4 is 66.7 Å². The van der Waals surface area contributed by atoms with E-state index in [1.54, 1.807) is 13.0 Å². The predicted octanol–water partition coefficient (Wildman–Crippen LogP) is 8.32. The standard InChI is InChI=1S/C38H28F4N4O4/c1-3-5-7-20(15-39)45-34(47)23-11-9-21-29-19(17-44)14-26-31-24(35(48)46(37(26)50)27(8-6-4-2)38(40,41)42)12-10-22(33(29)31)28-18(16-43)13-25(36(45)49)30(23)32(21)28/h9-14,20,27H,3-8,15H2,1-2H3/t20-,27-/m1/s1. The fourth-order valence-corrected chi connectivity index (χ4v) is 7.85. The third-order valence-corrected chi connectivity index (χ3v) is 10.1. The molecule has 2 atom stereocenters. The summed E-state index contributed by atoms with van der Waals surface area (Å²) >= 11 is 0. The summed E-state index contributed by atoms with van der Waals surface area (Å²) in [5.74, 6) is -3.75. The number of nitriles is 2. The SMILES string of the molecule is CCCC[C@H](CF)N1C(=O)c2ccc3c4c(C#N)cc5c6c(ccc(c7c(C#N)cc(c2c37)C1=O)c64)C(=O)N([C@H](CCCC)C(F)(F)F)C5=O. The second-order valence-corrected chi connectivity index (χ2v) is 12.8. The van der Waals surface area contributed by atoms with Crippen molar-refractivity contribution in [3.63, 3.8) is 0 Å². The largest absolute Gasteiger partial charge is 0.409 e. The number of imide groups is 2. The molecule has 252 valence electrons. The van der Waals surface area contributed by atoms with E-state index in [1.165, 1.54) is 30.3 Å². The lowest BCUT2D eigenvalue weighted by atomic mass is 9.79. The minimum absolute atomic E-state index is 0.00977. The Kier molecular flexibility index (Phi) is 7.74. The molecule has 2 aliphatic rings. The Bertz CT molecular complexity index is 2420. The first-order valence-electron chi connectivity index (χ1n) is 16.4. The van der Waals surface area contributed by atoms with Crippen LogP contribution in [0.3, 0.4) is 0 Å². The molecule has 2 heterocycles. The summed E-state index contributed by atoms with van der Waals surface area (Å²) in [7, 11) is 0. The first-order valence-corrected chi connectivity index (χ1v) is 16.4. The fourth-order valence-electron chi connectivity index (χ4n) is 7.85. The van der Waals surface area contributed by atoms with E-state index in [2.05, 4.69) is 12.1 Å². The number of nitrogens with zero attached hydrogens (tertiary/aromatic N) is 4. The number of carbonyl (C=O) groups excluding carboxylic acids is 4. The molecule has 5 aromatic rings. The smallest absolute Gasteiger partial charge is 0.269 e. The van der Waals surface area contributed by atoms with E-state index >= 15 is 0 Å². The summed E-state index contributed by atoms with van der Waals surface area (Å²) in [6, 6.07) is 9.10. The second-order valence-electron chi connectivity index (χ2n) is 12.8. The maximum atomic E-state index is 14.4. The highest BCUT2D eigenvalue weighted by atomic mass is 19.4. The van der Waals surface area contributed by atoms with Gasteiger partial charge in [0.25, 0.3) is 23.6 Å². The summed E-state index contributed by atoms with van der Waals surface area (Å²) in [5, 5.41) is 22.9. The lowest BCUT2D eigenvalue weighted by molar-refractivity contribution is -0.173. The molecule has 0 aliphatic carbocycles. The zero-order valence-corrected chi connectivity index (χ0v) is 27.0. The molecule has 0 saturated heterocycles. The van der Waals surface area contributed by atoms with Crippen molar-refractivity contribution in [2.45, 2.75) is 70.6 Å². The molecule has 50 heavy (non-hydrogen) atoms. The van der Waals surface area contributed by atoms with E-state index in [4.69, 9.17) is 0 Å². The van der Waals surface area contributed by atoms with Crippen LogP contribution in [0.25, 0.3) is 43.1 Å². The number of benzene rings is 5. The predicted molar refractivity (Wildman–Crippen MR) is 177 cm³/mol. The third-order valence-electron chi connectivity index (χ3n) is 10.1. The van der Waals surface area contributed by atoms with Crippen LogP contribution in [0, 0.1) is 22.7 Å². The topological polar surface area (TPSA) is 122 Å². The Morgan fingerprint density at radius 3 is 1.52 bits per heavy atom. The van der Waals surface area contributed by atoms with E-state index in [9.17, 15) is 47.3 Å². The number of amides is 4. The van der Waals surface area contributed by atoms with Gasteiger partial charge < -0.3 is 0 Å². The Labute approximate surface area is 282 Å². The minimum atomic E-state index is -4.90. The van der Waals surface area contributed by atoms with E-state index < -0.39 is 55.0 Å². The normalized spacial score (nSPS) is 15.8. The molecular weight excluding hydrogens is 652 g/mol. The number of hydrogen-bond acceptors (Lipinski definition) is 6. The van der Waals surface area contributed by atoms with E-state index in [0.29, 0.717) is 29.0 Å². The number of rotatable bonds is 9. The van der Waals surface area contributed by atoms with Crippen LogP contribution in [0.1, 0.15) is 105 Å². The molecule has 8 nitrogen and oxygen atoms in total.